The van der Waals surface area contributed by atoms with Crippen LogP contribution in [-0.4, -0.2) is 5.78 Å². The summed E-state index contributed by atoms with van der Waals surface area (Å²) in [4.78, 5) is 11.5. The minimum atomic E-state index is -4.78. The van der Waals surface area contributed by atoms with E-state index in [1.807, 2.05) is 0 Å². The SMILES string of the molecule is CC(C)CC(=O)c1cccc(C(F)(F)F)c1F. The molecule has 0 aliphatic carbocycles. The minimum Gasteiger partial charge on any atom is -0.294 e. The molecule has 17 heavy (non-hydrogen) atoms. The van der Waals surface area contributed by atoms with Gasteiger partial charge in [-0.05, 0) is 18.1 Å². The quantitative estimate of drug-likeness (QED) is 0.582. The van der Waals surface area contributed by atoms with Gasteiger partial charge in [0.1, 0.15) is 5.82 Å². The van der Waals surface area contributed by atoms with Crippen LogP contribution in [0.2, 0.25) is 0 Å². The Bertz CT molecular complexity index is 421. The predicted molar refractivity (Wildman–Crippen MR) is 55.2 cm³/mol. The third kappa shape index (κ3) is 3.28. The molecule has 0 saturated heterocycles. The van der Waals surface area contributed by atoms with Gasteiger partial charge in [-0.15, -0.1) is 0 Å². The van der Waals surface area contributed by atoms with Crippen LogP contribution in [0.15, 0.2) is 18.2 Å². The van der Waals surface area contributed by atoms with Gasteiger partial charge in [-0.2, -0.15) is 13.2 Å². The molecule has 0 saturated carbocycles. The molecule has 94 valence electrons. The number of carbonyl (C=O) groups is 1. The van der Waals surface area contributed by atoms with Crippen LogP contribution in [0.1, 0.15) is 36.2 Å². The number of carbonyl (C=O) groups excluding carboxylic acids is 1. The highest BCUT2D eigenvalue weighted by Crippen LogP contribution is 2.32. The molecule has 1 aromatic rings. The van der Waals surface area contributed by atoms with Crippen molar-refractivity contribution in [2.45, 2.75) is 26.4 Å². The van der Waals surface area contributed by atoms with Gasteiger partial charge in [0.2, 0.25) is 0 Å². The fraction of sp³-hybridized carbons (Fsp3) is 0.417. The van der Waals surface area contributed by atoms with Crippen molar-refractivity contribution < 1.29 is 22.4 Å². The Morgan fingerprint density at radius 2 is 1.88 bits per heavy atom. The van der Waals surface area contributed by atoms with Crippen molar-refractivity contribution in [3.8, 4) is 0 Å². The number of halogens is 4. The lowest BCUT2D eigenvalue weighted by atomic mass is 9.99. The first-order valence-electron chi connectivity index (χ1n) is 5.12. The van der Waals surface area contributed by atoms with Gasteiger partial charge in [-0.1, -0.05) is 19.9 Å². The lowest BCUT2D eigenvalue weighted by Crippen LogP contribution is -2.13. The second-order valence-electron chi connectivity index (χ2n) is 4.19. The van der Waals surface area contributed by atoms with Gasteiger partial charge in [0.05, 0.1) is 11.1 Å². The van der Waals surface area contributed by atoms with Gasteiger partial charge < -0.3 is 0 Å². The molecular weight excluding hydrogens is 236 g/mol. The highest BCUT2D eigenvalue weighted by Gasteiger charge is 2.35. The number of hydrogen-bond donors (Lipinski definition) is 0. The van der Waals surface area contributed by atoms with Crippen LogP contribution in [0, 0.1) is 11.7 Å². The van der Waals surface area contributed by atoms with Crippen molar-refractivity contribution in [1.82, 2.24) is 0 Å². The fourth-order valence-corrected chi connectivity index (χ4v) is 1.45. The van der Waals surface area contributed by atoms with E-state index in [1.165, 1.54) is 0 Å². The summed E-state index contributed by atoms with van der Waals surface area (Å²) in [7, 11) is 0. The highest BCUT2D eigenvalue weighted by molar-refractivity contribution is 5.96. The molecular formula is C12H12F4O. The van der Waals surface area contributed by atoms with Crippen molar-refractivity contribution in [2.75, 3.05) is 0 Å². The van der Waals surface area contributed by atoms with Crippen LogP contribution >= 0.6 is 0 Å². The van der Waals surface area contributed by atoms with Crippen LogP contribution in [0.25, 0.3) is 0 Å². The zero-order valence-corrected chi connectivity index (χ0v) is 9.44. The van der Waals surface area contributed by atoms with Crippen LogP contribution in [-0.2, 0) is 6.18 Å². The standard InChI is InChI=1S/C12H12F4O/c1-7(2)6-10(17)8-4-3-5-9(11(8)13)12(14,15)16/h3-5,7H,6H2,1-2H3. The molecule has 0 fully saturated rings. The largest absolute Gasteiger partial charge is 0.419 e. The summed E-state index contributed by atoms with van der Waals surface area (Å²) in [6.45, 7) is 3.48. The maximum absolute atomic E-state index is 13.5. The summed E-state index contributed by atoms with van der Waals surface area (Å²) >= 11 is 0. The Kier molecular flexibility index (Phi) is 3.91. The zero-order valence-electron chi connectivity index (χ0n) is 9.44. The van der Waals surface area contributed by atoms with Gasteiger partial charge >= 0.3 is 6.18 Å². The van der Waals surface area contributed by atoms with Gasteiger partial charge in [-0.25, -0.2) is 4.39 Å². The monoisotopic (exact) mass is 248 g/mol. The molecule has 0 aliphatic rings. The smallest absolute Gasteiger partial charge is 0.294 e. The topological polar surface area (TPSA) is 17.1 Å². The first-order chi connectivity index (χ1) is 7.73. The first-order valence-corrected chi connectivity index (χ1v) is 5.12. The van der Waals surface area contributed by atoms with Gasteiger partial charge in [0.15, 0.2) is 5.78 Å². The van der Waals surface area contributed by atoms with Crippen LogP contribution in [0.5, 0.6) is 0 Å². The molecule has 0 aliphatic heterocycles. The van der Waals surface area contributed by atoms with Crippen molar-refractivity contribution in [2.24, 2.45) is 5.92 Å². The average Bonchev–Trinajstić information content (AvgIpc) is 2.14. The Balaban J connectivity index is 3.15. The molecule has 1 rings (SSSR count). The van der Waals surface area contributed by atoms with Crippen molar-refractivity contribution in [3.63, 3.8) is 0 Å². The van der Waals surface area contributed by atoms with E-state index < -0.39 is 28.9 Å². The normalized spacial score (nSPS) is 11.9. The van der Waals surface area contributed by atoms with Crippen molar-refractivity contribution in [3.05, 3.63) is 35.1 Å². The summed E-state index contributed by atoms with van der Waals surface area (Å²) in [5, 5.41) is 0. The molecule has 0 bridgehead atoms. The number of hydrogen-bond acceptors (Lipinski definition) is 1. The molecule has 0 radical (unpaired) electrons. The molecule has 0 aromatic heterocycles. The number of benzene rings is 1. The average molecular weight is 248 g/mol. The lowest BCUT2D eigenvalue weighted by Gasteiger charge is -2.11. The summed E-state index contributed by atoms with van der Waals surface area (Å²) in [5.41, 5.74) is -1.89. The summed E-state index contributed by atoms with van der Waals surface area (Å²) < 4.78 is 50.7. The predicted octanol–water partition coefficient (Wildman–Crippen LogP) is 4.07. The summed E-state index contributed by atoms with van der Waals surface area (Å²) in [6.07, 6.45) is -4.75. The maximum Gasteiger partial charge on any atom is 0.419 e. The lowest BCUT2D eigenvalue weighted by molar-refractivity contribution is -0.140. The van der Waals surface area contributed by atoms with Crippen molar-refractivity contribution in [1.29, 1.82) is 0 Å². The molecule has 5 heteroatoms. The molecule has 1 aromatic carbocycles. The van der Waals surface area contributed by atoms with E-state index in [-0.39, 0.29) is 12.3 Å². The Morgan fingerprint density at radius 1 is 1.29 bits per heavy atom. The second-order valence-corrected chi connectivity index (χ2v) is 4.19. The summed E-state index contributed by atoms with van der Waals surface area (Å²) in [6, 6.07) is 2.75. The second kappa shape index (κ2) is 4.85. The third-order valence-electron chi connectivity index (χ3n) is 2.20. The molecule has 0 heterocycles. The van der Waals surface area contributed by atoms with Crippen LogP contribution in [0.3, 0.4) is 0 Å². The number of ketones is 1. The number of Topliss-reactive ketones (excluding diaryl/α,β-unsaturated/α-hetero) is 1. The molecule has 0 N–H and O–H groups in total. The van der Waals surface area contributed by atoms with E-state index in [4.69, 9.17) is 0 Å². The number of rotatable bonds is 3. The first kappa shape index (κ1) is 13.7. The Morgan fingerprint density at radius 3 is 2.35 bits per heavy atom. The molecule has 0 amide bonds. The minimum absolute atomic E-state index is 0.0260. The van der Waals surface area contributed by atoms with E-state index >= 15 is 0 Å². The van der Waals surface area contributed by atoms with E-state index in [0.717, 1.165) is 12.1 Å². The third-order valence-corrected chi connectivity index (χ3v) is 2.20. The van der Waals surface area contributed by atoms with E-state index in [9.17, 15) is 22.4 Å². The van der Waals surface area contributed by atoms with Crippen LogP contribution in [0.4, 0.5) is 17.6 Å². The Hall–Kier alpha value is -1.39. The number of alkyl halides is 3. The van der Waals surface area contributed by atoms with Gasteiger partial charge in [0.25, 0.3) is 0 Å². The molecule has 0 unspecified atom stereocenters. The zero-order chi connectivity index (χ0) is 13.2. The van der Waals surface area contributed by atoms with Crippen molar-refractivity contribution >= 4 is 5.78 Å². The maximum atomic E-state index is 13.5. The summed E-state index contributed by atoms with van der Waals surface area (Å²) in [5.74, 6) is -2.12. The Labute approximate surface area is 96.4 Å². The molecule has 1 nitrogen and oxygen atoms in total. The molecule has 0 spiro atoms. The van der Waals surface area contributed by atoms with Gasteiger partial charge in [-0.3, -0.25) is 4.79 Å². The highest BCUT2D eigenvalue weighted by atomic mass is 19.4. The van der Waals surface area contributed by atoms with Crippen LogP contribution < -0.4 is 0 Å². The van der Waals surface area contributed by atoms with E-state index in [2.05, 4.69) is 0 Å². The molecule has 0 atom stereocenters. The van der Waals surface area contributed by atoms with E-state index in [0.29, 0.717) is 6.07 Å². The van der Waals surface area contributed by atoms with E-state index in [1.54, 1.807) is 13.8 Å². The van der Waals surface area contributed by atoms with Gasteiger partial charge in [0, 0.05) is 6.42 Å². The fourth-order valence-electron chi connectivity index (χ4n) is 1.45.